The summed E-state index contributed by atoms with van der Waals surface area (Å²) in [5.74, 6) is 0. The topological polar surface area (TPSA) is 41.5 Å². The molecule has 0 radical (unpaired) electrons. The van der Waals surface area contributed by atoms with Gasteiger partial charge in [0.05, 0.1) is 19.3 Å². The van der Waals surface area contributed by atoms with Gasteiger partial charge in [0.15, 0.2) is 0 Å². The van der Waals surface area contributed by atoms with Gasteiger partial charge in [-0.25, -0.2) is 0 Å². The van der Waals surface area contributed by atoms with Crippen LogP contribution in [0.5, 0.6) is 0 Å². The first-order chi connectivity index (χ1) is 4.34. The molecule has 3 heteroatoms. The SMILES string of the molecule is CONC1CCCC1O. The van der Waals surface area contributed by atoms with Crippen LogP contribution in [0.2, 0.25) is 0 Å². The zero-order chi connectivity index (χ0) is 6.69. The number of rotatable bonds is 2. The molecule has 1 fully saturated rings. The van der Waals surface area contributed by atoms with Crippen molar-refractivity contribution in [2.24, 2.45) is 0 Å². The predicted molar refractivity (Wildman–Crippen MR) is 33.8 cm³/mol. The molecule has 1 rings (SSSR count). The van der Waals surface area contributed by atoms with Crippen molar-refractivity contribution in [3.8, 4) is 0 Å². The smallest absolute Gasteiger partial charge is 0.0716 e. The minimum Gasteiger partial charge on any atom is -0.391 e. The third kappa shape index (κ3) is 1.64. The molecule has 0 heterocycles. The molecule has 2 atom stereocenters. The summed E-state index contributed by atoms with van der Waals surface area (Å²) in [7, 11) is 1.57. The first-order valence-corrected chi connectivity index (χ1v) is 3.31. The summed E-state index contributed by atoms with van der Waals surface area (Å²) in [6, 6.07) is 0.162. The summed E-state index contributed by atoms with van der Waals surface area (Å²) in [5, 5.41) is 9.18. The maximum absolute atomic E-state index is 9.18. The molecule has 1 saturated carbocycles. The van der Waals surface area contributed by atoms with E-state index in [1.165, 1.54) is 0 Å². The molecule has 0 aliphatic heterocycles. The third-order valence-corrected chi connectivity index (χ3v) is 1.75. The zero-order valence-electron chi connectivity index (χ0n) is 5.63. The van der Waals surface area contributed by atoms with Crippen molar-refractivity contribution >= 4 is 0 Å². The molecular weight excluding hydrogens is 118 g/mol. The van der Waals surface area contributed by atoms with Crippen molar-refractivity contribution in [2.75, 3.05) is 7.11 Å². The van der Waals surface area contributed by atoms with Crippen LogP contribution in [0, 0.1) is 0 Å². The Hall–Kier alpha value is -0.120. The van der Waals surface area contributed by atoms with Crippen LogP contribution in [0.4, 0.5) is 0 Å². The zero-order valence-corrected chi connectivity index (χ0v) is 5.63. The van der Waals surface area contributed by atoms with Gasteiger partial charge in [-0.3, -0.25) is 0 Å². The van der Waals surface area contributed by atoms with Gasteiger partial charge < -0.3 is 9.94 Å². The van der Waals surface area contributed by atoms with Gasteiger partial charge in [-0.2, -0.15) is 5.48 Å². The molecule has 0 spiro atoms. The Labute approximate surface area is 55.0 Å². The Bertz CT molecular complexity index is 87.1. The van der Waals surface area contributed by atoms with E-state index in [4.69, 9.17) is 0 Å². The molecule has 0 aromatic carbocycles. The van der Waals surface area contributed by atoms with Crippen molar-refractivity contribution in [3.05, 3.63) is 0 Å². The second-order valence-electron chi connectivity index (χ2n) is 2.43. The van der Waals surface area contributed by atoms with Crippen LogP contribution in [0.1, 0.15) is 19.3 Å². The largest absolute Gasteiger partial charge is 0.391 e. The van der Waals surface area contributed by atoms with E-state index >= 15 is 0 Å². The lowest BCUT2D eigenvalue weighted by atomic mass is 10.2. The van der Waals surface area contributed by atoms with E-state index < -0.39 is 0 Å². The second-order valence-corrected chi connectivity index (χ2v) is 2.43. The lowest BCUT2D eigenvalue weighted by Gasteiger charge is -2.13. The maximum atomic E-state index is 9.18. The van der Waals surface area contributed by atoms with E-state index in [9.17, 15) is 5.11 Å². The van der Waals surface area contributed by atoms with Crippen molar-refractivity contribution in [1.82, 2.24) is 5.48 Å². The summed E-state index contributed by atoms with van der Waals surface area (Å²) >= 11 is 0. The average Bonchev–Trinajstić information content (AvgIpc) is 2.18. The third-order valence-electron chi connectivity index (χ3n) is 1.75. The summed E-state index contributed by atoms with van der Waals surface area (Å²) in [6.45, 7) is 0. The Morgan fingerprint density at radius 2 is 2.33 bits per heavy atom. The lowest BCUT2D eigenvalue weighted by Crippen LogP contribution is -2.34. The van der Waals surface area contributed by atoms with Crippen LogP contribution in [0.3, 0.4) is 0 Å². The minimum atomic E-state index is -0.204. The molecule has 0 bridgehead atoms. The number of hydrogen-bond acceptors (Lipinski definition) is 3. The summed E-state index contributed by atoms with van der Waals surface area (Å²) < 4.78 is 0. The molecule has 0 aromatic rings. The van der Waals surface area contributed by atoms with Crippen LogP contribution in [-0.4, -0.2) is 24.4 Å². The monoisotopic (exact) mass is 131 g/mol. The summed E-state index contributed by atoms with van der Waals surface area (Å²) in [4.78, 5) is 4.69. The van der Waals surface area contributed by atoms with E-state index in [-0.39, 0.29) is 12.1 Å². The fourth-order valence-corrected chi connectivity index (χ4v) is 1.23. The van der Waals surface area contributed by atoms with E-state index in [1.54, 1.807) is 7.11 Å². The molecule has 54 valence electrons. The molecule has 2 unspecified atom stereocenters. The van der Waals surface area contributed by atoms with Gasteiger partial charge >= 0.3 is 0 Å². The van der Waals surface area contributed by atoms with Crippen LogP contribution in [0.15, 0.2) is 0 Å². The van der Waals surface area contributed by atoms with E-state index in [1.807, 2.05) is 0 Å². The molecule has 0 saturated heterocycles. The highest BCUT2D eigenvalue weighted by Crippen LogP contribution is 2.18. The Morgan fingerprint density at radius 3 is 2.78 bits per heavy atom. The van der Waals surface area contributed by atoms with Crippen molar-refractivity contribution < 1.29 is 9.94 Å². The fraction of sp³-hybridized carbons (Fsp3) is 1.00. The van der Waals surface area contributed by atoms with Gasteiger partial charge in [-0.15, -0.1) is 0 Å². The number of nitrogens with one attached hydrogen (secondary N) is 1. The van der Waals surface area contributed by atoms with E-state index in [0.29, 0.717) is 0 Å². The molecule has 1 aliphatic rings. The first kappa shape index (κ1) is 6.99. The highest BCUT2D eigenvalue weighted by atomic mass is 16.6. The van der Waals surface area contributed by atoms with Gasteiger partial charge in [0, 0.05) is 0 Å². The number of aliphatic hydroxyl groups is 1. The van der Waals surface area contributed by atoms with E-state index in [2.05, 4.69) is 10.3 Å². The standard InChI is InChI=1S/C6H13NO2/c1-9-7-5-3-2-4-6(5)8/h5-8H,2-4H2,1H3. The normalized spacial score (nSPS) is 35.3. The van der Waals surface area contributed by atoms with Crippen LogP contribution in [0.25, 0.3) is 0 Å². The predicted octanol–water partition coefficient (Wildman–Crippen LogP) is 0.0508. The molecule has 1 aliphatic carbocycles. The molecule has 9 heavy (non-hydrogen) atoms. The average molecular weight is 131 g/mol. The van der Waals surface area contributed by atoms with Crippen molar-refractivity contribution in [1.29, 1.82) is 0 Å². The molecule has 0 amide bonds. The van der Waals surface area contributed by atoms with Crippen LogP contribution >= 0.6 is 0 Å². The molecular formula is C6H13NO2. The van der Waals surface area contributed by atoms with Gasteiger partial charge in [-0.05, 0) is 19.3 Å². The number of hydroxylamine groups is 1. The van der Waals surface area contributed by atoms with Crippen molar-refractivity contribution in [2.45, 2.75) is 31.4 Å². The van der Waals surface area contributed by atoms with E-state index in [0.717, 1.165) is 19.3 Å². The van der Waals surface area contributed by atoms with Gasteiger partial charge in [0.2, 0.25) is 0 Å². The highest BCUT2D eigenvalue weighted by molar-refractivity contribution is 4.79. The Kier molecular flexibility index (Phi) is 2.45. The molecule has 0 aromatic heterocycles. The first-order valence-electron chi connectivity index (χ1n) is 3.31. The van der Waals surface area contributed by atoms with Crippen LogP contribution in [-0.2, 0) is 4.84 Å². The van der Waals surface area contributed by atoms with Gasteiger partial charge in [0.1, 0.15) is 0 Å². The quantitative estimate of drug-likeness (QED) is 0.520. The number of aliphatic hydroxyl groups excluding tert-OH is 1. The van der Waals surface area contributed by atoms with Crippen molar-refractivity contribution in [3.63, 3.8) is 0 Å². The summed E-state index contributed by atoms with van der Waals surface area (Å²) in [5.41, 5.74) is 2.74. The lowest BCUT2D eigenvalue weighted by molar-refractivity contribution is 0.0192. The number of hydrogen-bond donors (Lipinski definition) is 2. The molecule has 2 N–H and O–H groups in total. The second kappa shape index (κ2) is 3.15. The van der Waals surface area contributed by atoms with Gasteiger partial charge in [0.25, 0.3) is 0 Å². The fourth-order valence-electron chi connectivity index (χ4n) is 1.23. The minimum absolute atomic E-state index is 0.162. The van der Waals surface area contributed by atoms with Crippen LogP contribution < -0.4 is 5.48 Å². The highest BCUT2D eigenvalue weighted by Gasteiger charge is 2.24. The Balaban J connectivity index is 2.22. The van der Waals surface area contributed by atoms with Gasteiger partial charge in [-0.1, -0.05) is 0 Å². The Morgan fingerprint density at radius 1 is 1.56 bits per heavy atom. The maximum Gasteiger partial charge on any atom is 0.0716 e. The molecule has 3 nitrogen and oxygen atoms in total. The summed E-state index contributed by atoms with van der Waals surface area (Å²) in [6.07, 6.45) is 2.82.